The quantitative estimate of drug-likeness (QED) is 0.737. The third-order valence-corrected chi connectivity index (χ3v) is 3.10. The molecule has 0 aliphatic carbocycles. The molecule has 0 aromatic carbocycles. The van der Waals surface area contributed by atoms with E-state index in [1.165, 1.54) is 0 Å². The third-order valence-electron chi connectivity index (χ3n) is 3.10. The number of hydrogen-bond donors (Lipinski definition) is 1. The molecule has 2 aromatic rings. The van der Waals surface area contributed by atoms with Crippen LogP contribution in [0.3, 0.4) is 0 Å². The van der Waals surface area contributed by atoms with Crippen molar-refractivity contribution in [2.24, 2.45) is 7.05 Å². The summed E-state index contributed by atoms with van der Waals surface area (Å²) in [5, 5.41) is 16.0. The fourth-order valence-electron chi connectivity index (χ4n) is 2.01. The van der Waals surface area contributed by atoms with Gasteiger partial charge in [-0.05, 0) is 6.92 Å². The van der Waals surface area contributed by atoms with E-state index in [2.05, 4.69) is 25.2 Å². The summed E-state index contributed by atoms with van der Waals surface area (Å²) < 4.78 is 4.03. The zero-order valence-electron chi connectivity index (χ0n) is 9.43. The van der Waals surface area contributed by atoms with Crippen LogP contribution in [0.25, 0.3) is 11.4 Å². The molecule has 0 spiro atoms. The summed E-state index contributed by atoms with van der Waals surface area (Å²) in [5.74, 6) is 1.94. The molecule has 0 saturated carbocycles. The van der Waals surface area contributed by atoms with Gasteiger partial charge in [-0.3, -0.25) is 4.68 Å². The highest BCUT2D eigenvalue weighted by Crippen LogP contribution is 2.22. The van der Waals surface area contributed by atoms with Gasteiger partial charge in [0.2, 0.25) is 0 Å². The fourth-order valence-corrected chi connectivity index (χ4v) is 2.01. The molecular weight excluding hydrogens is 204 g/mol. The average Bonchev–Trinajstić information content (AvgIpc) is 2.85. The smallest absolute Gasteiger partial charge is 0.167 e. The lowest BCUT2D eigenvalue weighted by molar-refractivity contribution is 0.508. The second kappa shape index (κ2) is 3.41. The van der Waals surface area contributed by atoms with Gasteiger partial charge in [0, 0.05) is 25.8 Å². The van der Waals surface area contributed by atoms with E-state index in [1.54, 1.807) is 0 Å². The van der Waals surface area contributed by atoms with Gasteiger partial charge in [0.15, 0.2) is 5.82 Å². The Morgan fingerprint density at radius 3 is 3.00 bits per heavy atom. The minimum absolute atomic E-state index is 0.798. The van der Waals surface area contributed by atoms with Gasteiger partial charge in [-0.25, -0.2) is 0 Å². The standard InChI is InChI=1S/C10H14N6/c1-7-8(5-12-15(7)2)10-14-13-9-6-11-3-4-16(9)10/h5,11H,3-4,6H2,1-2H3. The number of nitrogens with one attached hydrogen (secondary N) is 1. The lowest BCUT2D eigenvalue weighted by atomic mass is 10.2. The molecule has 1 aliphatic rings. The molecule has 6 nitrogen and oxygen atoms in total. The van der Waals surface area contributed by atoms with Gasteiger partial charge in [-0.1, -0.05) is 0 Å². The molecule has 2 aromatic heterocycles. The number of aromatic nitrogens is 5. The molecular formula is C10H14N6. The lowest BCUT2D eigenvalue weighted by Crippen LogP contribution is -2.28. The number of fused-ring (bicyclic) bond motifs is 1. The van der Waals surface area contributed by atoms with Crippen LogP contribution in [-0.4, -0.2) is 31.1 Å². The Hall–Kier alpha value is -1.69. The van der Waals surface area contributed by atoms with Crippen molar-refractivity contribution in [3.63, 3.8) is 0 Å². The van der Waals surface area contributed by atoms with Crippen LogP contribution in [0.2, 0.25) is 0 Å². The predicted molar refractivity (Wildman–Crippen MR) is 58.7 cm³/mol. The van der Waals surface area contributed by atoms with E-state index in [-0.39, 0.29) is 0 Å². The van der Waals surface area contributed by atoms with E-state index in [9.17, 15) is 0 Å². The van der Waals surface area contributed by atoms with E-state index in [1.807, 2.05) is 24.9 Å². The van der Waals surface area contributed by atoms with Crippen LogP contribution in [0.1, 0.15) is 11.5 Å². The van der Waals surface area contributed by atoms with Gasteiger partial charge in [0.1, 0.15) is 5.82 Å². The first kappa shape index (κ1) is 9.53. The Morgan fingerprint density at radius 2 is 2.25 bits per heavy atom. The third kappa shape index (κ3) is 1.26. The zero-order chi connectivity index (χ0) is 11.1. The second-order valence-electron chi connectivity index (χ2n) is 4.04. The van der Waals surface area contributed by atoms with Crippen LogP contribution in [0.5, 0.6) is 0 Å². The fraction of sp³-hybridized carbons (Fsp3) is 0.500. The minimum Gasteiger partial charge on any atom is -0.309 e. The summed E-state index contributed by atoms with van der Waals surface area (Å²) in [7, 11) is 1.94. The van der Waals surface area contributed by atoms with Gasteiger partial charge in [0.05, 0.1) is 18.3 Å². The average molecular weight is 218 g/mol. The summed E-state index contributed by atoms with van der Waals surface area (Å²) in [6.45, 7) is 4.74. The van der Waals surface area contributed by atoms with Gasteiger partial charge < -0.3 is 9.88 Å². The van der Waals surface area contributed by atoms with Crippen molar-refractivity contribution >= 4 is 0 Å². The lowest BCUT2D eigenvalue weighted by Gasteiger charge is -2.15. The maximum Gasteiger partial charge on any atom is 0.167 e. The molecule has 0 saturated heterocycles. The first-order valence-electron chi connectivity index (χ1n) is 5.39. The van der Waals surface area contributed by atoms with Crippen LogP contribution in [0.15, 0.2) is 6.20 Å². The maximum absolute atomic E-state index is 4.26. The first-order chi connectivity index (χ1) is 7.77. The SMILES string of the molecule is Cc1c(-c2nnc3n2CCNC3)cnn1C. The molecule has 0 unspecified atom stereocenters. The highest BCUT2D eigenvalue weighted by molar-refractivity contribution is 5.57. The van der Waals surface area contributed by atoms with Gasteiger partial charge >= 0.3 is 0 Å². The zero-order valence-corrected chi connectivity index (χ0v) is 9.43. The van der Waals surface area contributed by atoms with E-state index >= 15 is 0 Å². The Kier molecular flexibility index (Phi) is 2.03. The van der Waals surface area contributed by atoms with Crippen molar-refractivity contribution < 1.29 is 0 Å². The van der Waals surface area contributed by atoms with Crippen molar-refractivity contribution in [1.29, 1.82) is 0 Å². The molecule has 3 heterocycles. The van der Waals surface area contributed by atoms with Crippen LogP contribution < -0.4 is 5.32 Å². The first-order valence-corrected chi connectivity index (χ1v) is 5.39. The van der Waals surface area contributed by atoms with Gasteiger partial charge in [-0.2, -0.15) is 5.10 Å². The summed E-state index contributed by atoms with van der Waals surface area (Å²) in [6, 6.07) is 0. The highest BCUT2D eigenvalue weighted by atomic mass is 15.3. The normalized spacial score (nSPS) is 15.1. The van der Waals surface area contributed by atoms with Crippen molar-refractivity contribution in [3.8, 4) is 11.4 Å². The van der Waals surface area contributed by atoms with E-state index in [0.29, 0.717) is 0 Å². The maximum atomic E-state index is 4.26. The largest absolute Gasteiger partial charge is 0.309 e. The molecule has 0 bridgehead atoms. The molecule has 6 heteroatoms. The molecule has 0 atom stereocenters. The number of rotatable bonds is 1. The topological polar surface area (TPSA) is 60.6 Å². The molecule has 1 aliphatic heterocycles. The van der Waals surface area contributed by atoms with Crippen molar-refractivity contribution in [2.75, 3.05) is 6.54 Å². The molecule has 16 heavy (non-hydrogen) atoms. The van der Waals surface area contributed by atoms with Crippen molar-refractivity contribution in [1.82, 2.24) is 29.9 Å². The second-order valence-corrected chi connectivity index (χ2v) is 4.04. The van der Waals surface area contributed by atoms with Gasteiger partial charge in [-0.15, -0.1) is 10.2 Å². The minimum atomic E-state index is 0.798. The Balaban J connectivity index is 2.13. The van der Waals surface area contributed by atoms with Gasteiger partial charge in [0.25, 0.3) is 0 Å². The van der Waals surface area contributed by atoms with E-state index < -0.39 is 0 Å². The van der Waals surface area contributed by atoms with E-state index in [0.717, 1.165) is 42.5 Å². The molecule has 84 valence electrons. The molecule has 0 amide bonds. The monoisotopic (exact) mass is 218 g/mol. The van der Waals surface area contributed by atoms with Crippen LogP contribution in [0, 0.1) is 6.92 Å². The Morgan fingerprint density at radius 1 is 1.38 bits per heavy atom. The van der Waals surface area contributed by atoms with Crippen LogP contribution in [-0.2, 0) is 20.1 Å². The number of aryl methyl sites for hydroxylation is 1. The summed E-state index contributed by atoms with van der Waals surface area (Å²) in [6.07, 6.45) is 1.86. The summed E-state index contributed by atoms with van der Waals surface area (Å²) in [4.78, 5) is 0. The van der Waals surface area contributed by atoms with Crippen molar-refractivity contribution in [2.45, 2.75) is 20.0 Å². The highest BCUT2D eigenvalue weighted by Gasteiger charge is 2.19. The number of nitrogens with zero attached hydrogens (tertiary/aromatic N) is 5. The Labute approximate surface area is 93.3 Å². The predicted octanol–water partition coefficient (Wildman–Crippen LogP) is 0.0902. The summed E-state index contributed by atoms with van der Waals surface area (Å²) in [5.41, 5.74) is 2.19. The van der Waals surface area contributed by atoms with Crippen LogP contribution >= 0.6 is 0 Å². The number of hydrogen-bond acceptors (Lipinski definition) is 4. The molecule has 1 N–H and O–H groups in total. The summed E-state index contributed by atoms with van der Waals surface area (Å²) >= 11 is 0. The van der Waals surface area contributed by atoms with Crippen LogP contribution in [0.4, 0.5) is 0 Å². The van der Waals surface area contributed by atoms with E-state index in [4.69, 9.17) is 0 Å². The molecule has 0 fully saturated rings. The molecule has 3 rings (SSSR count). The molecule has 0 radical (unpaired) electrons. The van der Waals surface area contributed by atoms with Crippen molar-refractivity contribution in [3.05, 3.63) is 17.7 Å². The Bertz CT molecular complexity index is 523.